The van der Waals surface area contributed by atoms with E-state index in [9.17, 15) is 0 Å². The normalized spacial score (nSPS) is 10.8. The highest BCUT2D eigenvalue weighted by atomic mass is 16.5. The molecular weight excluding hydrogens is 356 g/mol. The SMILES string of the molecule is CCn1ccnc1CNc1ccc(-c2nc(-c3ccc(OC)cc3)no2)cn1. The van der Waals surface area contributed by atoms with E-state index in [4.69, 9.17) is 9.26 Å². The van der Waals surface area contributed by atoms with Gasteiger partial charge in [0, 0.05) is 30.7 Å². The molecular formula is C20H20N6O2. The molecule has 1 N–H and O–H groups in total. The molecule has 142 valence electrons. The van der Waals surface area contributed by atoms with Crippen LogP contribution < -0.4 is 10.1 Å². The first kappa shape index (κ1) is 17.7. The summed E-state index contributed by atoms with van der Waals surface area (Å²) < 4.78 is 12.6. The van der Waals surface area contributed by atoms with Gasteiger partial charge >= 0.3 is 0 Å². The first-order chi connectivity index (χ1) is 13.8. The van der Waals surface area contributed by atoms with Crippen molar-refractivity contribution in [2.45, 2.75) is 20.0 Å². The molecule has 0 saturated carbocycles. The van der Waals surface area contributed by atoms with Crippen molar-refractivity contribution in [3.63, 3.8) is 0 Å². The third kappa shape index (κ3) is 3.71. The topological polar surface area (TPSA) is 90.9 Å². The number of anilines is 1. The second-order valence-corrected chi connectivity index (χ2v) is 6.07. The molecule has 0 radical (unpaired) electrons. The standard InChI is InChI=1S/C20H20N6O2/c1-3-26-11-10-21-18(26)13-23-17-9-6-15(12-22-17)20-24-19(25-28-20)14-4-7-16(27-2)8-5-14/h4-12H,3,13H2,1-2H3,(H,22,23). The number of hydrogen-bond donors (Lipinski definition) is 1. The van der Waals surface area contributed by atoms with Crippen molar-refractivity contribution in [1.82, 2.24) is 24.7 Å². The Labute approximate surface area is 162 Å². The number of benzene rings is 1. The van der Waals surface area contributed by atoms with Crippen molar-refractivity contribution in [3.05, 3.63) is 60.8 Å². The smallest absolute Gasteiger partial charge is 0.259 e. The predicted octanol–water partition coefficient (Wildman–Crippen LogP) is 3.64. The van der Waals surface area contributed by atoms with Gasteiger partial charge in [-0.05, 0) is 43.3 Å². The third-order valence-electron chi connectivity index (χ3n) is 4.35. The lowest BCUT2D eigenvalue weighted by Gasteiger charge is -2.07. The van der Waals surface area contributed by atoms with Crippen LogP contribution in [0.2, 0.25) is 0 Å². The maximum Gasteiger partial charge on any atom is 0.259 e. The monoisotopic (exact) mass is 376 g/mol. The van der Waals surface area contributed by atoms with Gasteiger partial charge in [-0.25, -0.2) is 9.97 Å². The van der Waals surface area contributed by atoms with Crippen LogP contribution in [-0.4, -0.2) is 31.8 Å². The number of hydrogen-bond acceptors (Lipinski definition) is 7. The molecule has 0 spiro atoms. The van der Waals surface area contributed by atoms with Gasteiger partial charge in [0.15, 0.2) is 0 Å². The Hall–Kier alpha value is -3.68. The molecule has 0 atom stereocenters. The van der Waals surface area contributed by atoms with Crippen molar-refractivity contribution in [3.8, 4) is 28.6 Å². The zero-order valence-electron chi connectivity index (χ0n) is 15.7. The third-order valence-corrected chi connectivity index (χ3v) is 4.35. The van der Waals surface area contributed by atoms with Gasteiger partial charge in [-0.3, -0.25) is 0 Å². The number of rotatable bonds is 7. The average Bonchev–Trinajstić information content (AvgIpc) is 3.42. The zero-order chi connectivity index (χ0) is 19.3. The minimum atomic E-state index is 0.423. The van der Waals surface area contributed by atoms with Gasteiger partial charge in [0.1, 0.15) is 17.4 Å². The average molecular weight is 376 g/mol. The Morgan fingerprint density at radius 2 is 1.89 bits per heavy atom. The molecule has 3 heterocycles. The van der Waals surface area contributed by atoms with E-state index in [2.05, 4.69) is 36.9 Å². The number of methoxy groups -OCH3 is 1. The van der Waals surface area contributed by atoms with Gasteiger partial charge in [0.2, 0.25) is 5.82 Å². The van der Waals surface area contributed by atoms with Crippen molar-refractivity contribution < 1.29 is 9.26 Å². The van der Waals surface area contributed by atoms with Gasteiger partial charge in [0.05, 0.1) is 19.2 Å². The summed E-state index contributed by atoms with van der Waals surface area (Å²) in [5.41, 5.74) is 1.61. The Bertz CT molecular complexity index is 1040. The molecule has 0 amide bonds. The van der Waals surface area contributed by atoms with Crippen LogP contribution in [0, 0.1) is 0 Å². The fourth-order valence-electron chi connectivity index (χ4n) is 2.79. The lowest BCUT2D eigenvalue weighted by molar-refractivity contribution is 0.415. The highest BCUT2D eigenvalue weighted by Crippen LogP contribution is 2.24. The van der Waals surface area contributed by atoms with Crippen molar-refractivity contribution in [1.29, 1.82) is 0 Å². The fourth-order valence-corrected chi connectivity index (χ4v) is 2.79. The van der Waals surface area contributed by atoms with Crippen molar-refractivity contribution in [2.75, 3.05) is 12.4 Å². The number of aromatic nitrogens is 5. The lowest BCUT2D eigenvalue weighted by atomic mass is 10.2. The maximum atomic E-state index is 5.38. The fraction of sp³-hybridized carbons (Fsp3) is 0.200. The number of imidazole rings is 1. The molecule has 4 aromatic rings. The minimum Gasteiger partial charge on any atom is -0.497 e. The van der Waals surface area contributed by atoms with E-state index < -0.39 is 0 Å². The summed E-state index contributed by atoms with van der Waals surface area (Å²) in [6.07, 6.45) is 5.47. The van der Waals surface area contributed by atoms with Crippen LogP contribution in [-0.2, 0) is 13.1 Å². The van der Waals surface area contributed by atoms with Crippen molar-refractivity contribution >= 4 is 5.82 Å². The molecule has 4 rings (SSSR count). The van der Waals surface area contributed by atoms with E-state index in [1.807, 2.05) is 42.6 Å². The number of nitrogens with zero attached hydrogens (tertiary/aromatic N) is 5. The summed E-state index contributed by atoms with van der Waals surface area (Å²) in [4.78, 5) is 13.2. The Kier molecular flexibility index (Phi) is 5.01. The van der Waals surface area contributed by atoms with Crippen LogP contribution in [0.25, 0.3) is 22.8 Å². The van der Waals surface area contributed by atoms with Gasteiger partial charge in [-0.1, -0.05) is 5.16 Å². The molecule has 8 nitrogen and oxygen atoms in total. The number of nitrogens with one attached hydrogen (secondary N) is 1. The van der Waals surface area contributed by atoms with E-state index in [0.717, 1.165) is 35.1 Å². The van der Waals surface area contributed by atoms with E-state index in [1.54, 1.807) is 19.5 Å². The van der Waals surface area contributed by atoms with Crippen LogP contribution in [0.4, 0.5) is 5.82 Å². The minimum absolute atomic E-state index is 0.423. The summed E-state index contributed by atoms with van der Waals surface area (Å²) in [7, 11) is 1.63. The first-order valence-electron chi connectivity index (χ1n) is 8.95. The Morgan fingerprint density at radius 3 is 2.61 bits per heavy atom. The molecule has 0 unspecified atom stereocenters. The number of pyridine rings is 1. The van der Waals surface area contributed by atoms with Gasteiger partial charge in [-0.15, -0.1) is 0 Å². The van der Waals surface area contributed by atoms with Crippen LogP contribution >= 0.6 is 0 Å². The number of aryl methyl sites for hydroxylation is 1. The van der Waals surface area contributed by atoms with Crippen molar-refractivity contribution in [2.24, 2.45) is 0 Å². The second kappa shape index (κ2) is 7.91. The molecule has 0 saturated heterocycles. The van der Waals surface area contributed by atoms with Gasteiger partial charge in [0.25, 0.3) is 5.89 Å². The maximum absolute atomic E-state index is 5.38. The second-order valence-electron chi connectivity index (χ2n) is 6.07. The quantitative estimate of drug-likeness (QED) is 0.526. The summed E-state index contributed by atoms with van der Waals surface area (Å²) >= 11 is 0. The molecule has 3 aromatic heterocycles. The predicted molar refractivity (Wildman–Crippen MR) is 105 cm³/mol. The molecule has 0 aliphatic rings. The summed E-state index contributed by atoms with van der Waals surface area (Å²) in [6, 6.07) is 11.3. The van der Waals surface area contributed by atoms with E-state index in [1.165, 1.54) is 0 Å². The van der Waals surface area contributed by atoms with E-state index in [0.29, 0.717) is 18.3 Å². The Morgan fingerprint density at radius 1 is 1.07 bits per heavy atom. The Balaban J connectivity index is 1.44. The van der Waals surface area contributed by atoms with Crippen LogP contribution in [0.1, 0.15) is 12.7 Å². The molecule has 0 aliphatic heterocycles. The highest BCUT2D eigenvalue weighted by Gasteiger charge is 2.11. The summed E-state index contributed by atoms with van der Waals surface area (Å²) in [5, 5.41) is 7.32. The summed E-state index contributed by atoms with van der Waals surface area (Å²) in [6.45, 7) is 3.58. The van der Waals surface area contributed by atoms with E-state index in [-0.39, 0.29) is 0 Å². The van der Waals surface area contributed by atoms with Crippen LogP contribution in [0.5, 0.6) is 5.75 Å². The zero-order valence-corrected chi connectivity index (χ0v) is 15.7. The van der Waals surface area contributed by atoms with E-state index >= 15 is 0 Å². The lowest BCUT2D eigenvalue weighted by Crippen LogP contribution is -2.08. The van der Waals surface area contributed by atoms with Gasteiger partial charge < -0.3 is 19.1 Å². The first-order valence-corrected chi connectivity index (χ1v) is 8.95. The number of ether oxygens (including phenoxy) is 1. The highest BCUT2D eigenvalue weighted by molar-refractivity contribution is 5.60. The molecule has 0 fully saturated rings. The van der Waals surface area contributed by atoms with Gasteiger partial charge in [-0.2, -0.15) is 4.98 Å². The van der Waals surface area contributed by atoms with Crippen LogP contribution in [0.3, 0.4) is 0 Å². The van der Waals surface area contributed by atoms with Crippen LogP contribution in [0.15, 0.2) is 59.5 Å². The molecule has 0 aliphatic carbocycles. The molecule has 28 heavy (non-hydrogen) atoms. The molecule has 1 aromatic carbocycles. The molecule has 8 heteroatoms. The summed E-state index contributed by atoms with van der Waals surface area (Å²) in [5.74, 6) is 3.44. The molecule has 0 bridgehead atoms. The largest absolute Gasteiger partial charge is 0.497 e.